The number of nitrogens with zero attached hydrogens (tertiary/aromatic N) is 6. The van der Waals surface area contributed by atoms with Crippen molar-refractivity contribution in [3.8, 4) is 11.4 Å². The number of urea groups is 1. The number of pyridine rings is 1. The van der Waals surface area contributed by atoms with Crippen LogP contribution in [0.2, 0.25) is 0 Å². The van der Waals surface area contributed by atoms with Crippen LogP contribution in [0.15, 0.2) is 18.5 Å². The minimum atomic E-state index is -4.47. The van der Waals surface area contributed by atoms with Crippen molar-refractivity contribution in [2.24, 2.45) is 0 Å². The molecule has 1 atom stereocenters. The Morgan fingerprint density at radius 3 is 2.78 bits per heavy atom. The molecule has 10 nitrogen and oxygen atoms in total. The molecule has 2 saturated heterocycles. The standard InChI is InChI=1S/C23H27F3N8O2/c24-23(25,26)13-34-18-9-16(27-10-15(18)20(31-34)32-8-3-14(35)12-32)19-17(11-28-30-19)29-21(36)33-7-2-1-4-22(33)5-6-22/h9-11,14,35H,1-8,12-13H2,(H,28,30)(H,29,36). The van der Waals surface area contributed by atoms with E-state index in [0.29, 0.717) is 54.3 Å². The predicted molar refractivity (Wildman–Crippen MR) is 126 cm³/mol. The zero-order chi connectivity index (χ0) is 25.1. The Balaban J connectivity index is 1.33. The lowest BCUT2D eigenvalue weighted by Crippen LogP contribution is -2.47. The fourth-order valence-corrected chi connectivity index (χ4v) is 5.48. The molecule has 3 fully saturated rings. The Hall–Kier alpha value is -3.35. The van der Waals surface area contributed by atoms with Crippen molar-refractivity contribution in [2.75, 3.05) is 29.9 Å². The maximum atomic E-state index is 13.3. The number of amides is 2. The van der Waals surface area contributed by atoms with Gasteiger partial charge >= 0.3 is 12.2 Å². The number of rotatable bonds is 4. The maximum Gasteiger partial charge on any atom is 0.408 e. The van der Waals surface area contributed by atoms with Crippen LogP contribution in [-0.2, 0) is 6.54 Å². The molecule has 3 aromatic heterocycles. The molecule has 5 heterocycles. The van der Waals surface area contributed by atoms with E-state index in [9.17, 15) is 23.1 Å². The van der Waals surface area contributed by atoms with Crippen molar-refractivity contribution in [2.45, 2.75) is 62.9 Å². The molecule has 192 valence electrons. The Bertz CT molecular complexity index is 1300. The molecule has 2 aliphatic heterocycles. The molecule has 2 amide bonds. The lowest BCUT2D eigenvalue weighted by Gasteiger charge is -2.36. The van der Waals surface area contributed by atoms with Crippen LogP contribution in [0.1, 0.15) is 38.5 Å². The van der Waals surface area contributed by atoms with Gasteiger partial charge in [0.15, 0.2) is 5.82 Å². The molecule has 0 radical (unpaired) electrons. The van der Waals surface area contributed by atoms with Gasteiger partial charge in [-0.3, -0.25) is 14.8 Å². The third-order valence-electron chi connectivity index (χ3n) is 7.46. The fraction of sp³-hybridized carbons (Fsp3) is 0.565. The van der Waals surface area contributed by atoms with Crippen LogP contribution in [0.5, 0.6) is 0 Å². The SMILES string of the molecule is O=C(Nc1cn[nH]c1-c1cc2c(cn1)c(N1CCC(O)C1)nn2CC(F)(F)F)N1CCCCC12CC2. The molecule has 36 heavy (non-hydrogen) atoms. The highest BCUT2D eigenvalue weighted by molar-refractivity contribution is 5.96. The zero-order valence-corrected chi connectivity index (χ0v) is 19.6. The summed E-state index contributed by atoms with van der Waals surface area (Å²) in [5.74, 6) is 0.364. The first-order chi connectivity index (χ1) is 17.2. The van der Waals surface area contributed by atoms with Gasteiger partial charge in [-0.05, 0) is 44.6 Å². The number of carbonyl (C=O) groups is 1. The molecular weight excluding hydrogens is 477 g/mol. The van der Waals surface area contributed by atoms with Crippen LogP contribution in [-0.4, -0.2) is 78.5 Å². The summed E-state index contributed by atoms with van der Waals surface area (Å²) in [6.07, 6.45) is 3.58. The molecule has 1 saturated carbocycles. The quantitative estimate of drug-likeness (QED) is 0.501. The summed E-state index contributed by atoms with van der Waals surface area (Å²) in [6, 6.07) is 1.32. The van der Waals surface area contributed by atoms with E-state index in [4.69, 9.17) is 0 Å². The van der Waals surface area contributed by atoms with Gasteiger partial charge in [0.2, 0.25) is 0 Å². The van der Waals surface area contributed by atoms with Gasteiger partial charge in [-0.15, -0.1) is 0 Å². The predicted octanol–water partition coefficient (Wildman–Crippen LogP) is 3.51. The van der Waals surface area contributed by atoms with Crippen molar-refractivity contribution in [3.63, 3.8) is 0 Å². The monoisotopic (exact) mass is 504 g/mol. The number of aromatic amines is 1. The number of piperidine rings is 1. The third-order valence-corrected chi connectivity index (χ3v) is 7.46. The van der Waals surface area contributed by atoms with Gasteiger partial charge in [0.25, 0.3) is 0 Å². The number of carbonyl (C=O) groups excluding carboxylic acids is 1. The van der Waals surface area contributed by atoms with Crippen molar-refractivity contribution in [1.82, 2.24) is 29.9 Å². The van der Waals surface area contributed by atoms with Gasteiger partial charge in [-0.25, -0.2) is 4.79 Å². The molecule has 1 aliphatic carbocycles. The number of hydrogen-bond acceptors (Lipinski definition) is 6. The largest absolute Gasteiger partial charge is 0.408 e. The number of aliphatic hydroxyl groups excluding tert-OH is 1. The number of aromatic nitrogens is 5. The summed E-state index contributed by atoms with van der Waals surface area (Å²) < 4.78 is 41.0. The van der Waals surface area contributed by atoms with E-state index in [0.717, 1.165) is 36.8 Å². The third kappa shape index (κ3) is 4.14. The molecule has 3 aromatic rings. The minimum Gasteiger partial charge on any atom is -0.391 e. The van der Waals surface area contributed by atoms with E-state index in [1.165, 1.54) is 18.5 Å². The van der Waals surface area contributed by atoms with Crippen molar-refractivity contribution in [3.05, 3.63) is 18.5 Å². The Morgan fingerprint density at radius 1 is 1.22 bits per heavy atom. The number of hydrogen-bond donors (Lipinski definition) is 3. The number of alkyl halides is 3. The van der Waals surface area contributed by atoms with Gasteiger partial charge in [-0.2, -0.15) is 23.4 Å². The summed E-state index contributed by atoms with van der Waals surface area (Å²) in [5, 5.41) is 24.4. The molecule has 0 bridgehead atoms. The van der Waals surface area contributed by atoms with Crippen LogP contribution in [0.4, 0.5) is 29.5 Å². The summed E-state index contributed by atoms with van der Waals surface area (Å²) in [5.41, 5.74) is 1.38. The van der Waals surface area contributed by atoms with E-state index in [2.05, 4.69) is 25.6 Å². The molecule has 1 unspecified atom stereocenters. The number of halogens is 3. The van der Waals surface area contributed by atoms with E-state index in [-0.39, 0.29) is 17.1 Å². The average molecular weight is 505 g/mol. The number of nitrogens with one attached hydrogen (secondary N) is 2. The molecule has 13 heteroatoms. The lowest BCUT2D eigenvalue weighted by molar-refractivity contribution is -0.141. The van der Waals surface area contributed by atoms with E-state index < -0.39 is 18.8 Å². The maximum absolute atomic E-state index is 13.3. The molecule has 6 rings (SSSR count). The molecular formula is C23H27F3N8O2. The van der Waals surface area contributed by atoms with Gasteiger partial charge in [0, 0.05) is 31.4 Å². The summed E-state index contributed by atoms with van der Waals surface area (Å²) in [4.78, 5) is 21.2. The number of fused-ring (bicyclic) bond motifs is 1. The minimum absolute atomic E-state index is 0.0347. The van der Waals surface area contributed by atoms with Crippen LogP contribution in [0.3, 0.4) is 0 Å². The Kier molecular flexibility index (Phi) is 5.36. The Morgan fingerprint density at radius 2 is 2.06 bits per heavy atom. The Labute approximate surface area is 204 Å². The van der Waals surface area contributed by atoms with Gasteiger partial charge < -0.3 is 20.2 Å². The summed E-state index contributed by atoms with van der Waals surface area (Å²) >= 11 is 0. The highest BCUT2D eigenvalue weighted by Gasteiger charge is 2.51. The van der Waals surface area contributed by atoms with Crippen LogP contribution < -0.4 is 10.2 Å². The highest BCUT2D eigenvalue weighted by Crippen LogP contribution is 2.48. The topological polar surface area (TPSA) is 115 Å². The smallest absolute Gasteiger partial charge is 0.391 e. The zero-order valence-electron chi connectivity index (χ0n) is 19.6. The molecule has 3 aliphatic rings. The molecule has 3 N–H and O–H groups in total. The van der Waals surface area contributed by atoms with Gasteiger partial charge in [-0.1, -0.05) is 0 Å². The number of β-amino-alcohol motifs (C(OH)–C–C–N with tert-alkyl or cyclic N) is 1. The second-order valence-electron chi connectivity index (χ2n) is 9.99. The summed E-state index contributed by atoms with van der Waals surface area (Å²) in [6.45, 7) is 0.241. The fourth-order valence-electron chi connectivity index (χ4n) is 5.48. The second-order valence-corrected chi connectivity index (χ2v) is 9.99. The average Bonchev–Trinajstić information content (AvgIpc) is 3.15. The summed E-state index contributed by atoms with van der Waals surface area (Å²) in [7, 11) is 0. The first-order valence-corrected chi connectivity index (χ1v) is 12.2. The van der Waals surface area contributed by atoms with Crippen molar-refractivity contribution < 1.29 is 23.1 Å². The number of likely N-dealkylation sites (tertiary alicyclic amines) is 1. The van der Waals surface area contributed by atoms with E-state index in [1.54, 1.807) is 4.90 Å². The first-order valence-electron chi connectivity index (χ1n) is 12.2. The number of aliphatic hydroxyl groups is 1. The van der Waals surface area contributed by atoms with E-state index in [1.807, 2.05) is 4.90 Å². The highest BCUT2D eigenvalue weighted by atomic mass is 19.4. The van der Waals surface area contributed by atoms with Crippen LogP contribution in [0.25, 0.3) is 22.3 Å². The lowest BCUT2D eigenvalue weighted by atomic mass is 10.0. The van der Waals surface area contributed by atoms with Gasteiger partial charge in [0.05, 0.1) is 34.6 Å². The van der Waals surface area contributed by atoms with Gasteiger partial charge in [0.1, 0.15) is 12.2 Å². The second kappa shape index (κ2) is 8.36. The number of anilines is 2. The molecule has 0 aromatic carbocycles. The normalized spacial score (nSPS) is 21.5. The molecule has 1 spiro atoms. The van der Waals surface area contributed by atoms with Crippen LogP contribution >= 0.6 is 0 Å². The first kappa shape index (κ1) is 23.1. The van der Waals surface area contributed by atoms with Crippen molar-refractivity contribution >= 4 is 28.4 Å². The number of H-pyrrole nitrogens is 1. The van der Waals surface area contributed by atoms with Crippen LogP contribution in [0, 0.1) is 0 Å². The van der Waals surface area contributed by atoms with E-state index >= 15 is 0 Å². The van der Waals surface area contributed by atoms with Crippen molar-refractivity contribution in [1.29, 1.82) is 0 Å².